The zero-order valence-electron chi connectivity index (χ0n) is 13.2. The van der Waals surface area contributed by atoms with E-state index in [0.717, 1.165) is 11.6 Å². The third kappa shape index (κ3) is 3.88. The Morgan fingerprint density at radius 3 is 2.55 bits per heavy atom. The average molecular weight is 300 g/mol. The van der Waals surface area contributed by atoms with E-state index in [1.807, 2.05) is 62.3 Å². The molecule has 0 atom stereocenters. The van der Waals surface area contributed by atoms with E-state index in [0.29, 0.717) is 11.3 Å². The summed E-state index contributed by atoms with van der Waals surface area (Å²) >= 11 is 0. The lowest BCUT2D eigenvalue weighted by Gasteiger charge is -2.12. The topological polar surface area (TPSA) is 61.1 Å². The van der Waals surface area contributed by atoms with Gasteiger partial charge in [0.25, 0.3) is 5.91 Å². The van der Waals surface area contributed by atoms with Crippen LogP contribution >= 0.6 is 0 Å². The first-order chi connectivity index (χ1) is 10.5. The number of hydrogen-bond donors (Lipinski definition) is 1. The van der Waals surface area contributed by atoms with Gasteiger partial charge in [0.15, 0.2) is 5.88 Å². The number of nitrogens with zero attached hydrogens (tertiary/aromatic N) is 3. The second kappa shape index (κ2) is 6.80. The third-order valence-electron chi connectivity index (χ3n) is 3.04. The van der Waals surface area contributed by atoms with Crippen molar-refractivity contribution in [3.63, 3.8) is 0 Å². The molecule has 0 spiro atoms. The van der Waals surface area contributed by atoms with Crippen LogP contribution < -0.4 is 15.2 Å². The number of hydrazone groups is 1. The van der Waals surface area contributed by atoms with Crippen LogP contribution in [0.1, 0.15) is 16.1 Å². The van der Waals surface area contributed by atoms with Gasteiger partial charge in [0.05, 0.1) is 6.21 Å². The highest BCUT2D eigenvalue weighted by molar-refractivity contribution is 5.95. The Kier molecular flexibility index (Phi) is 4.83. The molecule has 6 heteroatoms. The smallest absolute Gasteiger partial charge is 0.271 e. The van der Waals surface area contributed by atoms with Crippen molar-refractivity contribution in [3.05, 3.63) is 47.7 Å². The van der Waals surface area contributed by atoms with Crippen LogP contribution in [0.25, 0.3) is 0 Å². The first kappa shape index (κ1) is 15.6. The molecule has 0 radical (unpaired) electrons. The lowest BCUT2D eigenvalue weighted by Crippen LogP contribution is -2.18. The van der Waals surface area contributed by atoms with Crippen LogP contribution in [0.15, 0.2) is 45.9 Å². The minimum absolute atomic E-state index is 0.265. The molecule has 22 heavy (non-hydrogen) atoms. The molecule has 1 N–H and O–H groups in total. The summed E-state index contributed by atoms with van der Waals surface area (Å²) in [5.41, 5.74) is 4.00. The van der Waals surface area contributed by atoms with E-state index in [-0.39, 0.29) is 5.91 Å². The van der Waals surface area contributed by atoms with Gasteiger partial charge < -0.3 is 14.2 Å². The van der Waals surface area contributed by atoms with Crippen LogP contribution in [0.3, 0.4) is 0 Å². The van der Waals surface area contributed by atoms with Gasteiger partial charge in [-0.2, -0.15) is 5.10 Å². The highest BCUT2D eigenvalue weighted by atomic mass is 16.4. The molecule has 0 bridgehead atoms. The van der Waals surface area contributed by atoms with Gasteiger partial charge in [-0.05, 0) is 24.3 Å². The Hall–Kier alpha value is -2.76. The van der Waals surface area contributed by atoms with Gasteiger partial charge in [0.2, 0.25) is 0 Å². The molecule has 0 fully saturated rings. The van der Waals surface area contributed by atoms with Gasteiger partial charge in [-0.1, -0.05) is 6.07 Å². The van der Waals surface area contributed by atoms with Crippen molar-refractivity contribution in [1.82, 2.24) is 5.43 Å². The zero-order chi connectivity index (χ0) is 16.1. The Balaban J connectivity index is 1.99. The van der Waals surface area contributed by atoms with Gasteiger partial charge in [-0.25, -0.2) is 5.43 Å². The summed E-state index contributed by atoms with van der Waals surface area (Å²) in [4.78, 5) is 15.8. The average Bonchev–Trinajstić information content (AvgIpc) is 2.96. The second-order valence-electron chi connectivity index (χ2n) is 5.21. The highest BCUT2D eigenvalue weighted by Crippen LogP contribution is 2.14. The fraction of sp³-hybridized carbons (Fsp3) is 0.250. The van der Waals surface area contributed by atoms with Gasteiger partial charge in [0, 0.05) is 45.5 Å². The van der Waals surface area contributed by atoms with Gasteiger partial charge in [-0.15, -0.1) is 0 Å². The summed E-state index contributed by atoms with van der Waals surface area (Å²) in [6.07, 6.45) is 1.47. The summed E-state index contributed by atoms with van der Waals surface area (Å²) in [5, 5.41) is 3.91. The summed E-state index contributed by atoms with van der Waals surface area (Å²) in [5.74, 6) is 1.04. The van der Waals surface area contributed by atoms with Gasteiger partial charge in [0.1, 0.15) is 5.76 Å². The summed E-state index contributed by atoms with van der Waals surface area (Å²) in [7, 11) is 7.63. The third-order valence-corrected chi connectivity index (χ3v) is 3.04. The number of hydrogen-bond acceptors (Lipinski definition) is 5. The maximum absolute atomic E-state index is 12.0. The van der Waals surface area contributed by atoms with Crippen molar-refractivity contribution < 1.29 is 9.21 Å². The monoisotopic (exact) mass is 300 g/mol. The van der Waals surface area contributed by atoms with Crippen molar-refractivity contribution in [2.75, 3.05) is 38.0 Å². The van der Waals surface area contributed by atoms with Gasteiger partial charge >= 0.3 is 0 Å². The van der Waals surface area contributed by atoms with Crippen molar-refractivity contribution in [2.24, 2.45) is 5.10 Å². The largest absolute Gasteiger partial charge is 0.440 e. The Labute approximate surface area is 130 Å². The predicted molar refractivity (Wildman–Crippen MR) is 88.9 cm³/mol. The van der Waals surface area contributed by atoms with Crippen LogP contribution in [0.4, 0.5) is 11.6 Å². The van der Waals surface area contributed by atoms with E-state index in [1.165, 1.54) is 6.21 Å². The first-order valence-electron chi connectivity index (χ1n) is 6.85. The molecule has 1 amide bonds. The van der Waals surface area contributed by atoms with Crippen LogP contribution in [0.2, 0.25) is 0 Å². The molecule has 0 aliphatic rings. The van der Waals surface area contributed by atoms with Crippen molar-refractivity contribution >= 4 is 23.7 Å². The van der Waals surface area contributed by atoms with Crippen LogP contribution in [0.5, 0.6) is 0 Å². The number of amides is 1. The molecule has 1 aromatic carbocycles. The number of nitrogens with one attached hydrogen (secondary N) is 1. The van der Waals surface area contributed by atoms with Crippen LogP contribution in [-0.4, -0.2) is 40.3 Å². The number of benzene rings is 1. The predicted octanol–water partition coefficient (Wildman–Crippen LogP) is 2.18. The van der Waals surface area contributed by atoms with E-state index in [9.17, 15) is 4.79 Å². The number of furan rings is 1. The van der Waals surface area contributed by atoms with E-state index < -0.39 is 0 Å². The molecule has 1 heterocycles. The minimum Gasteiger partial charge on any atom is -0.440 e. The van der Waals surface area contributed by atoms with E-state index in [4.69, 9.17) is 4.42 Å². The number of carbonyl (C=O) groups excluding carboxylic acids is 1. The van der Waals surface area contributed by atoms with E-state index in [2.05, 4.69) is 10.5 Å². The standard InChI is InChI=1S/C16H20N4O2/c1-19(2)13-7-5-6-12(10-13)16(21)18-17-11-14-8-9-15(22-14)20(3)4/h5-11H,1-4H3,(H,18,21)/b17-11+. The molecule has 2 rings (SSSR count). The van der Waals surface area contributed by atoms with E-state index in [1.54, 1.807) is 12.1 Å². The Bertz CT molecular complexity index is 674. The molecular formula is C16H20N4O2. The second-order valence-corrected chi connectivity index (χ2v) is 5.21. The van der Waals surface area contributed by atoms with Crippen LogP contribution in [0, 0.1) is 0 Å². The summed E-state index contributed by atoms with van der Waals surface area (Å²) in [6, 6.07) is 11.0. The highest BCUT2D eigenvalue weighted by Gasteiger charge is 2.06. The molecular weight excluding hydrogens is 280 g/mol. The first-order valence-corrected chi connectivity index (χ1v) is 6.85. The van der Waals surface area contributed by atoms with Crippen molar-refractivity contribution in [3.8, 4) is 0 Å². The summed E-state index contributed by atoms with van der Waals surface area (Å²) in [6.45, 7) is 0. The SMILES string of the molecule is CN(C)c1cccc(C(=O)N/N=C/c2ccc(N(C)C)o2)c1. The molecule has 0 saturated carbocycles. The summed E-state index contributed by atoms with van der Waals surface area (Å²) < 4.78 is 5.50. The lowest BCUT2D eigenvalue weighted by molar-refractivity contribution is 0.0955. The van der Waals surface area contributed by atoms with E-state index >= 15 is 0 Å². The maximum Gasteiger partial charge on any atom is 0.271 e. The molecule has 0 saturated heterocycles. The molecule has 1 aromatic heterocycles. The fourth-order valence-corrected chi connectivity index (χ4v) is 1.80. The molecule has 116 valence electrons. The quantitative estimate of drug-likeness (QED) is 0.679. The van der Waals surface area contributed by atoms with Crippen molar-refractivity contribution in [1.29, 1.82) is 0 Å². The lowest BCUT2D eigenvalue weighted by atomic mass is 10.2. The Morgan fingerprint density at radius 2 is 1.91 bits per heavy atom. The van der Waals surface area contributed by atoms with Crippen LogP contribution in [-0.2, 0) is 0 Å². The zero-order valence-corrected chi connectivity index (χ0v) is 13.2. The molecule has 0 aliphatic carbocycles. The van der Waals surface area contributed by atoms with Gasteiger partial charge in [-0.3, -0.25) is 4.79 Å². The molecule has 2 aromatic rings. The normalized spacial score (nSPS) is 10.7. The maximum atomic E-state index is 12.0. The number of carbonyl (C=O) groups is 1. The molecule has 6 nitrogen and oxygen atoms in total. The number of rotatable bonds is 5. The Morgan fingerprint density at radius 1 is 1.14 bits per heavy atom. The minimum atomic E-state index is -0.265. The fourth-order valence-electron chi connectivity index (χ4n) is 1.80. The molecule has 0 unspecified atom stereocenters. The number of anilines is 2. The molecule has 0 aliphatic heterocycles. The van der Waals surface area contributed by atoms with Crippen molar-refractivity contribution in [2.45, 2.75) is 0 Å².